The lowest BCUT2D eigenvalue weighted by atomic mass is 10.2. The molecule has 102 valence electrons. The number of hydrogen-bond donors (Lipinski definition) is 2. The number of ether oxygens (including phenoxy) is 1. The Labute approximate surface area is 110 Å². The van der Waals surface area contributed by atoms with Gasteiger partial charge >= 0.3 is 0 Å². The van der Waals surface area contributed by atoms with E-state index in [1.807, 2.05) is 12.1 Å². The Morgan fingerprint density at radius 2 is 1.94 bits per heavy atom. The molecule has 18 heavy (non-hydrogen) atoms. The van der Waals surface area contributed by atoms with Gasteiger partial charge in [-0.3, -0.25) is 0 Å². The van der Waals surface area contributed by atoms with Gasteiger partial charge in [-0.15, -0.1) is 0 Å². The van der Waals surface area contributed by atoms with E-state index < -0.39 is 0 Å². The van der Waals surface area contributed by atoms with E-state index in [4.69, 9.17) is 9.84 Å². The van der Waals surface area contributed by atoms with Gasteiger partial charge in [-0.1, -0.05) is 26.0 Å². The van der Waals surface area contributed by atoms with Gasteiger partial charge in [-0.05, 0) is 43.5 Å². The van der Waals surface area contributed by atoms with Crippen molar-refractivity contribution in [1.29, 1.82) is 0 Å². The molecule has 3 heteroatoms. The highest BCUT2D eigenvalue weighted by Gasteiger charge is 2.07. The van der Waals surface area contributed by atoms with Crippen LogP contribution in [0.3, 0.4) is 0 Å². The second-order valence-corrected chi connectivity index (χ2v) is 4.47. The highest BCUT2D eigenvalue weighted by Crippen LogP contribution is 2.13. The maximum absolute atomic E-state index is 9.01. The molecule has 0 saturated heterocycles. The van der Waals surface area contributed by atoms with Crippen LogP contribution in [0.1, 0.15) is 32.3 Å². The van der Waals surface area contributed by atoms with Gasteiger partial charge in [-0.2, -0.15) is 0 Å². The molecule has 0 aliphatic rings. The van der Waals surface area contributed by atoms with Crippen LogP contribution in [0.25, 0.3) is 0 Å². The van der Waals surface area contributed by atoms with Crippen molar-refractivity contribution in [2.24, 2.45) is 0 Å². The van der Waals surface area contributed by atoms with Gasteiger partial charge in [0.15, 0.2) is 0 Å². The summed E-state index contributed by atoms with van der Waals surface area (Å²) in [6.07, 6.45) is 2.87. The van der Waals surface area contributed by atoms with Gasteiger partial charge in [0.05, 0.1) is 0 Å². The lowest BCUT2D eigenvalue weighted by Gasteiger charge is -2.18. The summed E-state index contributed by atoms with van der Waals surface area (Å²) in [5.41, 5.74) is 1.32. The topological polar surface area (TPSA) is 41.5 Å². The first kappa shape index (κ1) is 15.0. The third-order valence-electron chi connectivity index (χ3n) is 2.94. The highest BCUT2D eigenvalue weighted by atomic mass is 16.5. The van der Waals surface area contributed by atoms with E-state index in [0.29, 0.717) is 6.61 Å². The number of benzene rings is 1. The number of aliphatic hydroxyl groups is 1. The van der Waals surface area contributed by atoms with Crippen molar-refractivity contribution < 1.29 is 9.84 Å². The Hall–Kier alpha value is -1.06. The molecule has 1 atom stereocenters. The Bertz CT molecular complexity index is 311. The minimum Gasteiger partial charge on any atom is -0.492 e. The van der Waals surface area contributed by atoms with Crippen LogP contribution in [0.4, 0.5) is 0 Å². The third kappa shape index (κ3) is 5.52. The summed E-state index contributed by atoms with van der Waals surface area (Å²) in [6.45, 7) is 6.03. The molecule has 0 bridgehead atoms. The molecule has 1 aromatic carbocycles. The van der Waals surface area contributed by atoms with Crippen molar-refractivity contribution in [1.82, 2.24) is 5.32 Å². The fraction of sp³-hybridized carbons (Fsp3) is 0.600. The quantitative estimate of drug-likeness (QED) is 0.708. The number of aliphatic hydroxyl groups excluding tert-OH is 1. The molecule has 0 aliphatic heterocycles. The van der Waals surface area contributed by atoms with Crippen LogP contribution in [-0.2, 0) is 6.42 Å². The van der Waals surface area contributed by atoms with Gasteiger partial charge in [0, 0.05) is 12.6 Å². The molecule has 1 aromatic rings. The Kier molecular flexibility index (Phi) is 7.46. The van der Waals surface area contributed by atoms with Crippen LogP contribution in [0.5, 0.6) is 5.75 Å². The number of hydrogen-bond acceptors (Lipinski definition) is 3. The van der Waals surface area contributed by atoms with Crippen molar-refractivity contribution in [3.63, 3.8) is 0 Å². The molecule has 2 N–H and O–H groups in total. The molecule has 0 heterocycles. The molecule has 0 amide bonds. The fourth-order valence-corrected chi connectivity index (χ4v) is 1.77. The standard InChI is InChI=1S/C15H25NO2/c1-3-10-16-14(9-11-17)12-18-15-7-5-13(4-2)6-8-15/h5-8,14,16-17H,3-4,9-12H2,1-2H3. The van der Waals surface area contributed by atoms with Crippen LogP contribution in [0.2, 0.25) is 0 Å². The van der Waals surface area contributed by atoms with Gasteiger partial charge in [-0.25, -0.2) is 0 Å². The summed E-state index contributed by atoms with van der Waals surface area (Å²) >= 11 is 0. The first-order chi connectivity index (χ1) is 8.80. The predicted octanol–water partition coefficient (Wildman–Crippen LogP) is 2.38. The molecule has 0 fully saturated rings. The minimum atomic E-state index is 0.194. The Morgan fingerprint density at radius 3 is 2.50 bits per heavy atom. The van der Waals surface area contributed by atoms with Crippen LogP contribution in [0, 0.1) is 0 Å². The molecular weight excluding hydrogens is 226 g/mol. The minimum absolute atomic E-state index is 0.194. The summed E-state index contributed by atoms with van der Waals surface area (Å²) < 4.78 is 5.74. The monoisotopic (exact) mass is 251 g/mol. The Balaban J connectivity index is 2.39. The summed E-state index contributed by atoms with van der Waals surface area (Å²) in [4.78, 5) is 0. The predicted molar refractivity (Wildman–Crippen MR) is 75.1 cm³/mol. The van der Waals surface area contributed by atoms with E-state index in [-0.39, 0.29) is 12.6 Å². The van der Waals surface area contributed by atoms with E-state index >= 15 is 0 Å². The van der Waals surface area contributed by atoms with Crippen molar-refractivity contribution in [3.8, 4) is 5.75 Å². The average Bonchev–Trinajstić information content (AvgIpc) is 2.42. The lowest BCUT2D eigenvalue weighted by Crippen LogP contribution is -2.36. The van der Waals surface area contributed by atoms with Gasteiger partial charge in [0.2, 0.25) is 0 Å². The second kappa shape index (κ2) is 8.95. The maximum Gasteiger partial charge on any atom is 0.119 e. The molecular formula is C15H25NO2. The maximum atomic E-state index is 9.01. The molecule has 0 radical (unpaired) electrons. The second-order valence-electron chi connectivity index (χ2n) is 4.47. The largest absolute Gasteiger partial charge is 0.492 e. The molecule has 0 aromatic heterocycles. The van der Waals surface area contributed by atoms with E-state index in [0.717, 1.165) is 31.6 Å². The molecule has 0 saturated carbocycles. The molecule has 1 unspecified atom stereocenters. The van der Waals surface area contributed by atoms with Crippen LogP contribution < -0.4 is 10.1 Å². The zero-order valence-corrected chi connectivity index (χ0v) is 11.5. The number of rotatable bonds is 9. The summed E-state index contributed by atoms with van der Waals surface area (Å²) in [6, 6.07) is 8.43. The van der Waals surface area contributed by atoms with Crippen molar-refractivity contribution >= 4 is 0 Å². The third-order valence-corrected chi connectivity index (χ3v) is 2.94. The average molecular weight is 251 g/mol. The van der Waals surface area contributed by atoms with E-state index in [1.54, 1.807) is 0 Å². The highest BCUT2D eigenvalue weighted by molar-refractivity contribution is 5.27. The first-order valence-electron chi connectivity index (χ1n) is 6.86. The SMILES string of the molecule is CCCNC(CCO)COc1ccc(CC)cc1. The molecule has 0 aliphatic carbocycles. The first-order valence-corrected chi connectivity index (χ1v) is 6.86. The van der Waals surface area contributed by atoms with E-state index in [9.17, 15) is 0 Å². The van der Waals surface area contributed by atoms with Gasteiger partial charge in [0.1, 0.15) is 12.4 Å². The summed E-state index contributed by atoms with van der Waals surface area (Å²) in [5, 5.41) is 12.4. The van der Waals surface area contributed by atoms with Crippen LogP contribution >= 0.6 is 0 Å². The van der Waals surface area contributed by atoms with Crippen molar-refractivity contribution in [2.75, 3.05) is 19.8 Å². The van der Waals surface area contributed by atoms with Crippen LogP contribution in [-0.4, -0.2) is 30.9 Å². The normalized spacial score (nSPS) is 12.4. The molecule has 0 spiro atoms. The van der Waals surface area contributed by atoms with E-state index in [1.165, 1.54) is 5.56 Å². The molecule has 3 nitrogen and oxygen atoms in total. The van der Waals surface area contributed by atoms with Crippen molar-refractivity contribution in [3.05, 3.63) is 29.8 Å². The summed E-state index contributed by atoms with van der Waals surface area (Å²) in [5.74, 6) is 0.897. The van der Waals surface area contributed by atoms with Crippen molar-refractivity contribution in [2.45, 2.75) is 39.2 Å². The van der Waals surface area contributed by atoms with E-state index in [2.05, 4.69) is 31.3 Å². The Morgan fingerprint density at radius 1 is 1.22 bits per heavy atom. The number of aryl methyl sites for hydroxylation is 1. The van der Waals surface area contributed by atoms with Crippen LogP contribution in [0.15, 0.2) is 24.3 Å². The number of nitrogens with one attached hydrogen (secondary N) is 1. The smallest absolute Gasteiger partial charge is 0.119 e. The lowest BCUT2D eigenvalue weighted by molar-refractivity contribution is 0.214. The van der Waals surface area contributed by atoms with Gasteiger partial charge in [0.25, 0.3) is 0 Å². The molecule has 1 rings (SSSR count). The fourth-order valence-electron chi connectivity index (χ4n) is 1.77. The zero-order chi connectivity index (χ0) is 13.2. The summed E-state index contributed by atoms with van der Waals surface area (Å²) in [7, 11) is 0. The van der Waals surface area contributed by atoms with Gasteiger partial charge < -0.3 is 15.2 Å². The zero-order valence-electron chi connectivity index (χ0n) is 11.5.